The summed E-state index contributed by atoms with van der Waals surface area (Å²) in [5.41, 5.74) is 1.05. The highest BCUT2D eigenvalue weighted by molar-refractivity contribution is 7.52. The Bertz CT molecular complexity index is 997. The molecule has 1 aliphatic carbocycles. The lowest BCUT2D eigenvalue weighted by molar-refractivity contribution is -0.0631. The maximum atomic E-state index is 11.3. The van der Waals surface area contributed by atoms with Crippen molar-refractivity contribution in [2.45, 2.75) is 62.0 Å². The predicted molar refractivity (Wildman–Crippen MR) is 112 cm³/mol. The number of hydrogen-bond acceptors (Lipinski definition) is 9. The van der Waals surface area contributed by atoms with Crippen LogP contribution in [0.25, 0.3) is 5.52 Å². The molecule has 0 bridgehead atoms. The Kier molecular flexibility index (Phi) is 7.06. The SMILES string of the molecule is O=P(O)(O)C(CO)OC[C@H]1O[C@@H](c2ccc3c(NC4CCCC4)nc(Cl)nn23)[C@H](O)[C@@H]1O. The van der Waals surface area contributed by atoms with E-state index in [2.05, 4.69) is 15.4 Å². The van der Waals surface area contributed by atoms with Gasteiger partial charge in [-0.15, -0.1) is 5.10 Å². The summed E-state index contributed by atoms with van der Waals surface area (Å²) in [5, 5.41) is 37.7. The number of anilines is 1. The third kappa shape index (κ3) is 4.79. The first-order valence-corrected chi connectivity index (χ1v) is 12.4. The van der Waals surface area contributed by atoms with Gasteiger partial charge in [0.25, 0.3) is 0 Å². The van der Waals surface area contributed by atoms with Gasteiger partial charge in [-0.3, -0.25) is 4.57 Å². The van der Waals surface area contributed by atoms with Crippen molar-refractivity contribution in [3.63, 3.8) is 0 Å². The van der Waals surface area contributed by atoms with Gasteiger partial charge in [-0.1, -0.05) is 12.8 Å². The summed E-state index contributed by atoms with van der Waals surface area (Å²) in [6.45, 7) is -1.35. The van der Waals surface area contributed by atoms with Crippen molar-refractivity contribution in [2.75, 3.05) is 18.5 Å². The number of aromatic nitrogens is 3. The van der Waals surface area contributed by atoms with E-state index in [1.54, 1.807) is 12.1 Å². The number of hydrogen-bond donors (Lipinski definition) is 6. The molecule has 6 N–H and O–H groups in total. The largest absolute Gasteiger partial charge is 0.393 e. The van der Waals surface area contributed by atoms with Crippen molar-refractivity contribution in [3.8, 4) is 0 Å². The first-order valence-electron chi connectivity index (χ1n) is 10.3. The summed E-state index contributed by atoms with van der Waals surface area (Å²) >= 11 is 6.13. The van der Waals surface area contributed by atoms with Crippen LogP contribution in [0.15, 0.2) is 12.1 Å². The lowest BCUT2D eigenvalue weighted by Gasteiger charge is -2.20. The van der Waals surface area contributed by atoms with Crippen molar-refractivity contribution >= 4 is 30.5 Å². The molecule has 32 heavy (non-hydrogen) atoms. The Morgan fingerprint density at radius 3 is 2.66 bits per heavy atom. The highest BCUT2D eigenvalue weighted by Crippen LogP contribution is 2.42. The normalized spacial score (nSPS) is 27.9. The summed E-state index contributed by atoms with van der Waals surface area (Å²) in [7, 11) is -4.70. The Morgan fingerprint density at radius 2 is 2.00 bits per heavy atom. The molecule has 1 saturated heterocycles. The van der Waals surface area contributed by atoms with E-state index in [4.69, 9.17) is 26.2 Å². The molecule has 12 nitrogen and oxygen atoms in total. The molecule has 1 unspecified atom stereocenters. The van der Waals surface area contributed by atoms with Crippen molar-refractivity contribution in [1.29, 1.82) is 0 Å². The summed E-state index contributed by atoms with van der Waals surface area (Å²) in [6, 6.07) is 3.72. The van der Waals surface area contributed by atoms with Crippen LogP contribution in [0.5, 0.6) is 0 Å². The van der Waals surface area contributed by atoms with E-state index in [9.17, 15) is 24.6 Å². The smallest absolute Gasteiger partial charge is 0.356 e. The lowest BCUT2D eigenvalue weighted by Crippen LogP contribution is -2.35. The zero-order valence-electron chi connectivity index (χ0n) is 17.0. The molecule has 3 heterocycles. The fraction of sp³-hybridized carbons (Fsp3) is 0.667. The second-order valence-corrected chi connectivity index (χ2v) is 10.1. The van der Waals surface area contributed by atoms with Gasteiger partial charge in [-0.25, -0.2) is 4.52 Å². The maximum Gasteiger partial charge on any atom is 0.356 e. The van der Waals surface area contributed by atoms with Gasteiger partial charge >= 0.3 is 7.60 Å². The fourth-order valence-electron chi connectivity index (χ4n) is 4.17. The predicted octanol–water partition coefficient (Wildman–Crippen LogP) is 0.412. The second kappa shape index (κ2) is 9.49. The van der Waals surface area contributed by atoms with Crippen LogP contribution in [0.3, 0.4) is 0 Å². The summed E-state index contributed by atoms with van der Waals surface area (Å²) < 4.78 is 23.6. The fourth-order valence-corrected chi connectivity index (χ4v) is 4.82. The second-order valence-electron chi connectivity index (χ2n) is 8.05. The molecule has 5 atom stereocenters. The van der Waals surface area contributed by atoms with Crippen molar-refractivity contribution in [1.82, 2.24) is 14.6 Å². The third-order valence-electron chi connectivity index (χ3n) is 5.85. The van der Waals surface area contributed by atoms with E-state index in [-0.39, 0.29) is 11.3 Å². The first kappa shape index (κ1) is 23.8. The molecule has 14 heteroatoms. The lowest BCUT2D eigenvalue weighted by atomic mass is 10.1. The number of halogens is 1. The van der Waals surface area contributed by atoms with Crippen LogP contribution >= 0.6 is 19.2 Å². The molecule has 0 amide bonds. The van der Waals surface area contributed by atoms with E-state index >= 15 is 0 Å². The zero-order chi connectivity index (χ0) is 23.0. The van der Waals surface area contributed by atoms with Gasteiger partial charge in [-0.2, -0.15) is 4.98 Å². The minimum atomic E-state index is -4.70. The van der Waals surface area contributed by atoms with E-state index in [0.29, 0.717) is 17.0 Å². The van der Waals surface area contributed by atoms with Crippen LogP contribution in [0.4, 0.5) is 5.82 Å². The van der Waals surface area contributed by atoms with Crippen LogP contribution in [0, 0.1) is 0 Å². The van der Waals surface area contributed by atoms with Gasteiger partial charge in [0.2, 0.25) is 5.28 Å². The van der Waals surface area contributed by atoms with Crippen LogP contribution in [-0.2, 0) is 14.0 Å². The van der Waals surface area contributed by atoms with Crippen molar-refractivity contribution in [2.24, 2.45) is 0 Å². The minimum absolute atomic E-state index is 0.00389. The van der Waals surface area contributed by atoms with Gasteiger partial charge in [-0.05, 0) is 36.6 Å². The zero-order valence-corrected chi connectivity index (χ0v) is 18.6. The van der Waals surface area contributed by atoms with Crippen LogP contribution in [0.1, 0.15) is 37.5 Å². The van der Waals surface area contributed by atoms with Gasteiger partial charge in [0.1, 0.15) is 29.9 Å². The van der Waals surface area contributed by atoms with Gasteiger partial charge in [0, 0.05) is 6.04 Å². The molecule has 4 rings (SSSR count). The molecule has 178 valence electrons. The third-order valence-corrected chi connectivity index (χ3v) is 7.07. The van der Waals surface area contributed by atoms with Crippen molar-refractivity contribution in [3.05, 3.63) is 23.1 Å². The average Bonchev–Trinajstić information content (AvgIpc) is 3.44. The molecular weight excluding hydrogens is 467 g/mol. The Balaban J connectivity index is 1.54. The molecule has 2 aliphatic rings. The molecule has 2 fully saturated rings. The highest BCUT2D eigenvalue weighted by Gasteiger charge is 2.45. The Morgan fingerprint density at radius 1 is 1.28 bits per heavy atom. The topological polar surface area (TPSA) is 179 Å². The monoisotopic (exact) mass is 492 g/mol. The number of ether oxygens (including phenoxy) is 2. The minimum Gasteiger partial charge on any atom is -0.393 e. The summed E-state index contributed by atoms with van der Waals surface area (Å²) in [4.78, 5) is 22.6. The molecule has 0 spiro atoms. The molecule has 0 radical (unpaired) electrons. The van der Waals surface area contributed by atoms with E-state index in [1.807, 2.05) is 0 Å². The van der Waals surface area contributed by atoms with E-state index in [1.165, 1.54) is 4.52 Å². The standard InChI is InChI=1S/C18H26ClN4O8P/c19-18-21-17(20-9-3-1-2-4-9)11-6-5-10(23(11)22-18)16-15(26)14(25)12(31-16)8-30-13(7-24)32(27,28)29/h5-6,9,12-16,24-26H,1-4,7-8H2,(H,20,21,22)(H2,27,28,29)/t12-,13?,14-,15-,16+/m1/s1. The Hall–Kier alpha value is -1.34. The first-order chi connectivity index (χ1) is 15.2. The number of rotatable bonds is 8. The summed E-state index contributed by atoms with van der Waals surface area (Å²) in [5.74, 6) is -1.19. The number of fused-ring (bicyclic) bond motifs is 1. The van der Waals surface area contributed by atoms with Gasteiger partial charge in [0.15, 0.2) is 11.7 Å². The molecule has 1 aliphatic heterocycles. The van der Waals surface area contributed by atoms with E-state index < -0.39 is 51.1 Å². The molecule has 2 aromatic heterocycles. The van der Waals surface area contributed by atoms with Crippen LogP contribution < -0.4 is 5.32 Å². The molecular formula is C18H26ClN4O8P. The van der Waals surface area contributed by atoms with Crippen LogP contribution in [-0.4, -0.2) is 83.1 Å². The van der Waals surface area contributed by atoms with Crippen molar-refractivity contribution < 1.29 is 39.1 Å². The maximum absolute atomic E-state index is 11.3. The molecule has 1 saturated carbocycles. The molecule has 2 aromatic rings. The van der Waals surface area contributed by atoms with Crippen LogP contribution in [0.2, 0.25) is 5.28 Å². The molecule has 0 aromatic carbocycles. The summed E-state index contributed by atoms with van der Waals surface area (Å²) in [6.07, 6.45) is -0.502. The van der Waals surface area contributed by atoms with E-state index in [0.717, 1.165) is 25.7 Å². The number of aliphatic hydroxyl groups is 3. The average molecular weight is 493 g/mol. The quantitative estimate of drug-likeness (QED) is 0.281. The number of nitrogens with zero attached hydrogens (tertiary/aromatic N) is 3. The Labute approximate surface area is 188 Å². The number of nitrogens with one attached hydrogen (secondary N) is 1. The van der Waals surface area contributed by atoms with Gasteiger partial charge < -0.3 is 39.9 Å². The highest BCUT2D eigenvalue weighted by atomic mass is 35.5. The number of aliphatic hydroxyl groups excluding tert-OH is 3. The van der Waals surface area contributed by atoms with Gasteiger partial charge in [0.05, 0.1) is 18.9 Å².